The molecule has 1 N–H and O–H groups in total. The first-order valence-electron chi connectivity index (χ1n) is 6.21. The molecule has 0 bridgehead atoms. The van der Waals surface area contributed by atoms with Crippen molar-refractivity contribution >= 4 is 27.3 Å². The van der Waals surface area contributed by atoms with Crippen molar-refractivity contribution in [1.82, 2.24) is 5.32 Å². The molecule has 0 aliphatic heterocycles. The van der Waals surface area contributed by atoms with Crippen LogP contribution < -0.4 is 5.32 Å². The van der Waals surface area contributed by atoms with E-state index >= 15 is 0 Å². The fourth-order valence-corrected chi connectivity index (χ4v) is 3.28. The smallest absolute Gasteiger partial charge is 0.0305 e. The molecule has 0 aliphatic carbocycles. The number of rotatable bonds is 5. The van der Waals surface area contributed by atoms with E-state index in [2.05, 4.69) is 64.7 Å². The van der Waals surface area contributed by atoms with E-state index < -0.39 is 0 Å². The van der Waals surface area contributed by atoms with Gasteiger partial charge in [-0.25, -0.2) is 0 Å². The minimum Gasteiger partial charge on any atom is -0.308 e. The summed E-state index contributed by atoms with van der Waals surface area (Å²) < 4.78 is 1.19. The molecule has 3 heteroatoms. The van der Waals surface area contributed by atoms with Gasteiger partial charge in [0.15, 0.2) is 0 Å². The van der Waals surface area contributed by atoms with Gasteiger partial charge in [-0.05, 0) is 47.5 Å². The molecule has 0 atom stereocenters. The molecule has 0 saturated carbocycles. The lowest BCUT2D eigenvalue weighted by Crippen LogP contribution is -2.12. The molecule has 0 amide bonds. The van der Waals surface area contributed by atoms with E-state index in [0.717, 1.165) is 19.5 Å². The predicted molar refractivity (Wildman–Crippen MR) is 83.1 cm³/mol. The molecule has 1 aromatic carbocycles. The van der Waals surface area contributed by atoms with Crippen LogP contribution in [-0.4, -0.2) is 0 Å². The zero-order valence-electron chi connectivity index (χ0n) is 10.8. The van der Waals surface area contributed by atoms with Gasteiger partial charge in [-0.2, -0.15) is 0 Å². The van der Waals surface area contributed by atoms with E-state index in [0.29, 0.717) is 0 Å². The second-order valence-corrected chi connectivity index (χ2v) is 6.26. The van der Waals surface area contributed by atoms with Gasteiger partial charge in [0.05, 0.1) is 0 Å². The zero-order chi connectivity index (χ0) is 13.0. The van der Waals surface area contributed by atoms with Crippen LogP contribution in [0.1, 0.15) is 28.5 Å². The van der Waals surface area contributed by atoms with E-state index in [-0.39, 0.29) is 0 Å². The van der Waals surface area contributed by atoms with Gasteiger partial charge < -0.3 is 5.32 Å². The van der Waals surface area contributed by atoms with Crippen LogP contribution in [0, 0.1) is 6.92 Å². The van der Waals surface area contributed by atoms with Gasteiger partial charge in [0.2, 0.25) is 0 Å². The van der Waals surface area contributed by atoms with Crippen LogP contribution in [0.25, 0.3) is 0 Å². The molecule has 18 heavy (non-hydrogen) atoms. The Balaban J connectivity index is 1.90. The maximum absolute atomic E-state index is 3.57. The summed E-state index contributed by atoms with van der Waals surface area (Å²) in [5.41, 5.74) is 4.07. The molecule has 0 saturated heterocycles. The van der Waals surface area contributed by atoms with Crippen molar-refractivity contribution in [3.05, 3.63) is 55.7 Å². The average molecular weight is 324 g/mol. The van der Waals surface area contributed by atoms with Crippen molar-refractivity contribution in [3.8, 4) is 0 Å². The summed E-state index contributed by atoms with van der Waals surface area (Å²) in [5.74, 6) is 0. The standard InChI is InChI=1S/C15H18BrNS/c1-3-13-6-7-18-15(13)10-17-9-12-5-4-11(2)14(16)8-12/h4-8,17H,3,9-10H2,1-2H3. The minimum atomic E-state index is 0.917. The number of hydrogen-bond donors (Lipinski definition) is 1. The normalized spacial score (nSPS) is 10.8. The van der Waals surface area contributed by atoms with Crippen LogP contribution in [0.5, 0.6) is 0 Å². The molecule has 1 nitrogen and oxygen atoms in total. The molecule has 0 radical (unpaired) electrons. The fourth-order valence-electron chi connectivity index (χ4n) is 1.90. The van der Waals surface area contributed by atoms with E-state index in [1.165, 1.54) is 26.0 Å². The maximum atomic E-state index is 3.57. The van der Waals surface area contributed by atoms with Crippen molar-refractivity contribution in [2.24, 2.45) is 0 Å². The number of halogens is 1. The molecule has 0 spiro atoms. The number of nitrogens with one attached hydrogen (secondary N) is 1. The van der Waals surface area contributed by atoms with E-state index in [9.17, 15) is 0 Å². The summed E-state index contributed by atoms with van der Waals surface area (Å²) >= 11 is 5.42. The molecule has 2 aromatic rings. The third-order valence-corrected chi connectivity index (χ3v) is 4.89. The summed E-state index contributed by atoms with van der Waals surface area (Å²) in [6.45, 7) is 6.20. The summed E-state index contributed by atoms with van der Waals surface area (Å²) in [6, 6.07) is 8.76. The highest BCUT2D eigenvalue weighted by molar-refractivity contribution is 9.10. The van der Waals surface area contributed by atoms with Crippen molar-refractivity contribution in [2.45, 2.75) is 33.4 Å². The summed E-state index contributed by atoms with van der Waals surface area (Å²) in [5, 5.41) is 5.69. The highest BCUT2D eigenvalue weighted by atomic mass is 79.9. The van der Waals surface area contributed by atoms with Crippen LogP contribution in [0.4, 0.5) is 0 Å². The molecule has 0 unspecified atom stereocenters. The lowest BCUT2D eigenvalue weighted by atomic mass is 10.1. The Morgan fingerprint density at radius 3 is 2.78 bits per heavy atom. The van der Waals surface area contributed by atoms with Crippen molar-refractivity contribution in [2.75, 3.05) is 0 Å². The summed E-state index contributed by atoms with van der Waals surface area (Å²) in [4.78, 5) is 1.46. The molecular formula is C15H18BrNS. The molecule has 96 valence electrons. The monoisotopic (exact) mass is 323 g/mol. The van der Waals surface area contributed by atoms with Crippen molar-refractivity contribution < 1.29 is 0 Å². The van der Waals surface area contributed by atoms with Gasteiger partial charge in [0.25, 0.3) is 0 Å². The molecule has 1 heterocycles. The summed E-state index contributed by atoms with van der Waals surface area (Å²) in [7, 11) is 0. The largest absolute Gasteiger partial charge is 0.308 e. The van der Waals surface area contributed by atoms with E-state index in [1.807, 2.05) is 11.3 Å². The quantitative estimate of drug-likeness (QED) is 0.843. The Bertz CT molecular complexity index is 519. The molecule has 0 aliphatic rings. The zero-order valence-corrected chi connectivity index (χ0v) is 13.2. The maximum Gasteiger partial charge on any atom is 0.0305 e. The van der Waals surface area contributed by atoms with Crippen LogP contribution in [0.3, 0.4) is 0 Å². The minimum absolute atomic E-state index is 0.917. The van der Waals surface area contributed by atoms with E-state index in [4.69, 9.17) is 0 Å². The Kier molecular flexibility index (Phi) is 4.98. The average Bonchev–Trinajstić information content (AvgIpc) is 2.81. The third kappa shape index (κ3) is 3.44. The highest BCUT2D eigenvalue weighted by Gasteiger charge is 2.02. The fraction of sp³-hybridized carbons (Fsp3) is 0.333. The molecule has 2 rings (SSSR count). The van der Waals surface area contributed by atoms with Gasteiger partial charge in [-0.3, -0.25) is 0 Å². The Morgan fingerprint density at radius 2 is 2.06 bits per heavy atom. The third-order valence-electron chi connectivity index (χ3n) is 3.07. The molecule has 0 fully saturated rings. The highest BCUT2D eigenvalue weighted by Crippen LogP contribution is 2.19. The lowest BCUT2D eigenvalue weighted by molar-refractivity contribution is 0.696. The molecule has 1 aromatic heterocycles. The lowest BCUT2D eigenvalue weighted by Gasteiger charge is -2.07. The number of thiophene rings is 1. The number of benzene rings is 1. The van der Waals surface area contributed by atoms with Crippen molar-refractivity contribution in [1.29, 1.82) is 0 Å². The second-order valence-electron chi connectivity index (χ2n) is 4.41. The first-order chi connectivity index (χ1) is 8.70. The van der Waals surface area contributed by atoms with Gasteiger partial charge >= 0.3 is 0 Å². The van der Waals surface area contributed by atoms with Gasteiger partial charge in [0, 0.05) is 22.4 Å². The first-order valence-corrected chi connectivity index (χ1v) is 7.89. The van der Waals surface area contributed by atoms with E-state index in [1.54, 1.807) is 0 Å². The number of aryl methyl sites for hydroxylation is 2. The second kappa shape index (κ2) is 6.50. The Morgan fingerprint density at radius 1 is 1.22 bits per heavy atom. The van der Waals surface area contributed by atoms with Crippen LogP contribution in [-0.2, 0) is 19.5 Å². The predicted octanol–water partition coefficient (Wildman–Crippen LogP) is 4.67. The van der Waals surface area contributed by atoms with Gasteiger partial charge in [-0.1, -0.05) is 35.0 Å². The number of hydrogen-bond acceptors (Lipinski definition) is 2. The van der Waals surface area contributed by atoms with Crippen molar-refractivity contribution in [3.63, 3.8) is 0 Å². The Labute approximate surface area is 121 Å². The molecular weight excluding hydrogens is 306 g/mol. The van der Waals surface area contributed by atoms with Crippen LogP contribution in [0.15, 0.2) is 34.1 Å². The Hall–Kier alpha value is -0.640. The topological polar surface area (TPSA) is 12.0 Å². The van der Waals surface area contributed by atoms with Gasteiger partial charge in [0.1, 0.15) is 0 Å². The summed E-state index contributed by atoms with van der Waals surface area (Å²) in [6.07, 6.45) is 1.12. The van der Waals surface area contributed by atoms with Gasteiger partial charge in [-0.15, -0.1) is 11.3 Å². The SMILES string of the molecule is CCc1ccsc1CNCc1ccc(C)c(Br)c1. The van der Waals surface area contributed by atoms with Crippen LogP contribution >= 0.6 is 27.3 Å². The first kappa shape index (κ1) is 13.8. The van der Waals surface area contributed by atoms with Crippen LogP contribution in [0.2, 0.25) is 0 Å².